The first-order valence-corrected chi connectivity index (χ1v) is 8.90. The Labute approximate surface area is 158 Å². The van der Waals surface area contributed by atoms with Crippen LogP contribution in [0.4, 0.5) is 4.79 Å². The molecule has 3 rings (SSSR count). The van der Waals surface area contributed by atoms with Crippen LogP contribution in [-0.2, 0) is 4.79 Å². The van der Waals surface area contributed by atoms with Gasteiger partial charge in [0.15, 0.2) is 17.5 Å². The molecule has 0 aromatic heterocycles. The van der Waals surface area contributed by atoms with E-state index >= 15 is 0 Å². The highest BCUT2D eigenvalue weighted by molar-refractivity contribution is 5.96. The number of hydrogen-bond acceptors (Lipinski definition) is 4. The van der Waals surface area contributed by atoms with E-state index in [1.54, 1.807) is 0 Å². The molecule has 7 heteroatoms. The van der Waals surface area contributed by atoms with Crippen LogP contribution in [0, 0.1) is 0 Å². The number of amides is 3. The molecule has 27 heavy (non-hydrogen) atoms. The van der Waals surface area contributed by atoms with E-state index in [4.69, 9.17) is 9.47 Å². The third-order valence-corrected chi connectivity index (χ3v) is 4.48. The minimum atomic E-state index is -0.563. The number of fused-ring (bicyclic) bond motifs is 1. The van der Waals surface area contributed by atoms with Gasteiger partial charge in [-0.05, 0) is 25.1 Å². The molecule has 0 radical (unpaired) electrons. The molecule has 4 N–H and O–H groups in total. The summed E-state index contributed by atoms with van der Waals surface area (Å²) in [6.45, 7) is 3.08. The summed E-state index contributed by atoms with van der Waals surface area (Å²) in [6.07, 6.45) is 0. The highest BCUT2D eigenvalue weighted by Crippen LogP contribution is 2.32. The van der Waals surface area contributed by atoms with Crippen molar-refractivity contribution in [3.8, 4) is 11.5 Å². The quantitative estimate of drug-likeness (QED) is 0.739. The van der Waals surface area contributed by atoms with Crippen LogP contribution in [0.2, 0.25) is 0 Å². The van der Waals surface area contributed by atoms with Gasteiger partial charge < -0.3 is 20.1 Å². The molecule has 0 unspecified atom stereocenters. The van der Waals surface area contributed by atoms with Crippen molar-refractivity contribution in [3.05, 3.63) is 59.7 Å². The molecule has 1 aliphatic rings. The first kappa shape index (κ1) is 18.7. The van der Waals surface area contributed by atoms with E-state index in [1.807, 2.05) is 60.8 Å². The zero-order valence-electron chi connectivity index (χ0n) is 15.4. The smallest absolute Gasteiger partial charge is 0.321 e. The molecule has 2 aromatic rings. The number of benzene rings is 2. The maximum atomic E-state index is 12.7. The number of nitrogens with one attached hydrogen (secondary N) is 2. The Morgan fingerprint density at radius 1 is 1.00 bits per heavy atom. The molecule has 0 saturated heterocycles. The molecule has 0 aliphatic carbocycles. The van der Waals surface area contributed by atoms with Gasteiger partial charge in [0.1, 0.15) is 19.3 Å². The number of carbonyl (C=O) groups excluding carboxylic acids is 2. The van der Waals surface area contributed by atoms with Gasteiger partial charge in [-0.3, -0.25) is 10.1 Å². The summed E-state index contributed by atoms with van der Waals surface area (Å²) in [4.78, 5) is 24.3. The Hall–Kier alpha value is -3.06. The molecule has 0 spiro atoms. The monoisotopic (exact) mass is 370 g/mol. The molecule has 0 fully saturated rings. The van der Waals surface area contributed by atoms with Crippen LogP contribution in [0.25, 0.3) is 0 Å². The summed E-state index contributed by atoms with van der Waals surface area (Å²) >= 11 is 0. The highest BCUT2D eigenvalue weighted by atomic mass is 16.6. The number of quaternary nitrogens is 1. The van der Waals surface area contributed by atoms with Crippen LogP contribution in [0.1, 0.15) is 30.1 Å². The summed E-state index contributed by atoms with van der Waals surface area (Å²) in [5.41, 5.74) is 1.83. The number of nitrogens with two attached hydrogens (primary N) is 1. The SMILES string of the molecule is CNC(=O)NC(=O)[C@@H]([NH2+][C@H](C)c1ccc2c(c1)OCCO2)c1ccccc1. The fraction of sp³-hybridized carbons (Fsp3) is 0.300. The van der Waals surface area contributed by atoms with Crippen molar-refractivity contribution >= 4 is 11.9 Å². The molecule has 0 saturated carbocycles. The molecule has 7 nitrogen and oxygen atoms in total. The first-order valence-electron chi connectivity index (χ1n) is 8.90. The van der Waals surface area contributed by atoms with Gasteiger partial charge >= 0.3 is 6.03 Å². The third-order valence-electron chi connectivity index (χ3n) is 4.48. The summed E-state index contributed by atoms with van der Waals surface area (Å²) in [5, 5.41) is 6.71. The number of imide groups is 1. The number of rotatable bonds is 5. The maximum absolute atomic E-state index is 12.7. The second-order valence-electron chi connectivity index (χ2n) is 6.34. The Balaban J connectivity index is 1.80. The Morgan fingerprint density at radius 2 is 1.70 bits per heavy atom. The lowest BCUT2D eigenvalue weighted by Crippen LogP contribution is -2.88. The molecule has 1 heterocycles. The fourth-order valence-electron chi connectivity index (χ4n) is 3.01. The van der Waals surface area contributed by atoms with E-state index in [2.05, 4.69) is 10.6 Å². The Morgan fingerprint density at radius 3 is 2.41 bits per heavy atom. The number of urea groups is 1. The molecule has 2 atom stereocenters. The van der Waals surface area contributed by atoms with Gasteiger partial charge in [0.2, 0.25) is 0 Å². The van der Waals surface area contributed by atoms with Gasteiger partial charge in [-0.25, -0.2) is 4.79 Å². The van der Waals surface area contributed by atoms with Crippen molar-refractivity contribution < 1.29 is 24.4 Å². The van der Waals surface area contributed by atoms with Crippen LogP contribution in [0.15, 0.2) is 48.5 Å². The van der Waals surface area contributed by atoms with Crippen molar-refractivity contribution in [1.82, 2.24) is 10.6 Å². The van der Waals surface area contributed by atoms with E-state index in [-0.39, 0.29) is 11.9 Å². The van der Waals surface area contributed by atoms with Gasteiger partial charge in [-0.15, -0.1) is 0 Å². The van der Waals surface area contributed by atoms with Gasteiger partial charge in [0.25, 0.3) is 5.91 Å². The number of ether oxygens (including phenoxy) is 2. The minimum absolute atomic E-state index is 0.0403. The van der Waals surface area contributed by atoms with Gasteiger partial charge in [-0.1, -0.05) is 30.3 Å². The van der Waals surface area contributed by atoms with Gasteiger partial charge in [-0.2, -0.15) is 0 Å². The second-order valence-corrected chi connectivity index (χ2v) is 6.34. The van der Waals surface area contributed by atoms with Crippen LogP contribution in [-0.4, -0.2) is 32.2 Å². The maximum Gasteiger partial charge on any atom is 0.321 e. The van der Waals surface area contributed by atoms with Crippen molar-refractivity contribution in [1.29, 1.82) is 0 Å². The zero-order chi connectivity index (χ0) is 19.2. The highest BCUT2D eigenvalue weighted by Gasteiger charge is 2.28. The summed E-state index contributed by atoms with van der Waals surface area (Å²) in [5.74, 6) is 1.07. The Kier molecular flexibility index (Phi) is 5.93. The predicted molar refractivity (Wildman–Crippen MR) is 99.6 cm³/mol. The standard InChI is InChI=1S/C20H23N3O4/c1-13(15-8-9-16-17(12-15)27-11-10-26-16)22-18(14-6-4-3-5-7-14)19(24)23-20(25)21-2/h3-9,12-13,18,22H,10-11H2,1-2H3,(H2,21,23,24,25)/p+1/t13-,18+/m1/s1. The first-order chi connectivity index (χ1) is 13.1. The van der Waals surface area contributed by atoms with Gasteiger partial charge in [0.05, 0.1) is 0 Å². The van der Waals surface area contributed by atoms with E-state index in [0.717, 1.165) is 16.9 Å². The van der Waals surface area contributed by atoms with Crippen LogP contribution in [0.3, 0.4) is 0 Å². The fourth-order valence-corrected chi connectivity index (χ4v) is 3.01. The van der Waals surface area contributed by atoms with Gasteiger partial charge in [0, 0.05) is 18.2 Å². The summed E-state index contributed by atoms with van der Waals surface area (Å²) in [6, 6.07) is 14.0. The normalized spacial score (nSPS) is 14.7. The second kappa shape index (κ2) is 8.55. The average Bonchev–Trinajstić information content (AvgIpc) is 2.71. The largest absolute Gasteiger partial charge is 0.486 e. The topological polar surface area (TPSA) is 93.3 Å². The molecule has 0 bridgehead atoms. The van der Waals surface area contributed by atoms with Crippen LogP contribution >= 0.6 is 0 Å². The van der Waals surface area contributed by atoms with Crippen molar-refractivity contribution in [2.45, 2.75) is 19.0 Å². The Bertz CT molecular complexity index is 810. The molecule has 3 amide bonds. The lowest BCUT2D eigenvalue weighted by Gasteiger charge is -2.22. The van der Waals surface area contributed by atoms with Crippen LogP contribution < -0.4 is 25.4 Å². The summed E-state index contributed by atoms with van der Waals surface area (Å²) < 4.78 is 11.2. The predicted octanol–water partition coefficient (Wildman–Crippen LogP) is 1.28. The lowest BCUT2D eigenvalue weighted by atomic mass is 10.0. The van der Waals surface area contributed by atoms with E-state index in [9.17, 15) is 9.59 Å². The van der Waals surface area contributed by atoms with E-state index in [1.165, 1.54) is 7.05 Å². The van der Waals surface area contributed by atoms with Crippen LogP contribution in [0.5, 0.6) is 11.5 Å². The van der Waals surface area contributed by atoms with Crippen molar-refractivity contribution in [2.24, 2.45) is 0 Å². The van der Waals surface area contributed by atoms with E-state index in [0.29, 0.717) is 19.0 Å². The summed E-state index contributed by atoms with van der Waals surface area (Å²) in [7, 11) is 1.47. The van der Waals surface area contributed by atoms with E-state index < -0.39 is 12.1 Å². The molecular formula is C20H24N3O4+. The minimum Gasteiger partial charge on any atom is -0.486 e. The number of hydrogen-bond donors (Lipinski definition) is 3. The molecule has 1 aliphatic heterocycles. The number of carbonyl (C=O) groups is 2. The third kappa shape index (κ3) is 4.57. The molecular weight excluding hydrogens is 346 g/mol. The molecule has 2 aromatic carbocycles. The van der Waals surface area contributed by atoms with Crippen molar-refractivity contribution in [2.75, 3.05) is 20.3 Å². The lowest BCUT2D eigenvalue weighted by molar-refractivity contribution is -0.719. The average molecular weight is 370 g/mol. The van der Waals surface area contributed by atoms with Crippen molar-refractivity contribution in [3.63, 3.8) is 0 Å². The molecule has 142 valence electrons. The zero-order valence-corrected chi connectivity index (χ0v) is 15.4.